The molecule has 170 valence electrons. The third-order valence-corrected chi connectivity index (χ3v) is 5.69. The van der Waals surface area contributed by atoms with Crippen LogP contribution in [0.5, 0.6) is 0 Å². The molecule has 11 heteroatoms. The Morgan fingerprint density at radius 2 is 1.79 bits per heavy atom. The highest BCUT2D eigenvalue weighted by Crippen LogP contribution is 2.29. The van der Waals surface area contributed by atoms with Gasteiger partial charge in [-0.3, -0.25) is 14.2 Å². The van der Waals surface area contributed by atoms with Gasteiger partial charge in [0.2, 0.25) is 11.5 Å². The van der Waals surface area contributed by atoms with Gasteiger partial charge in [0, 0.05) is 37.8 Å². The van der Waals surface area contributed by atoms with Crippen molar-refractivity contribution in [1.29, 1.82) is 0 Å². The monoisotopic (exact) mass is 457 g/mol. The Labute approximate surface area is 184 Å². The lowest BCUT2D eigenvalue weighted by Crippen LogP contribution is -2.50. The maximum atomic E-state index is 12.8. The van der Waals surface area contributed by atoms with Gasteiger partial charge in [-0.05, 0) is 24.3 Å². The third kappa shape index (κ3) is 3.90. The van der Waals surface area contributed by atoms with Gasteiger partial charge < -0.3 is 14.2 Å². The molecule has 33 heavy (non-hydrogen) atoms. The molecule has 0 bridgehead atoms. The lowest BCUT2D eigenvalue weighted by molar-refractivity contribution is -0.138. The van der Waals surface area contributed by atoms with Crippen molar-refractivity contribution in [2.75, 3.05) is 31.1 Å². The summed E-state index contributed by atoms with van der Waals surface area (Å²) in [5, 5.41) is 0.732. The number of benzene rings is 1. The van der Waals surface area contributed by atoms with E-state index in [1.807, 2.05) is 17.0 Å². The summed E-state index contributed by atoms with van der Waals surface area (Å²) in [6, 6.07) is 9.51. The van der Waals surface area contributed by atoms with Crippen LogP contribution in [0.1, 0.15) is 5.56 Å². The van der Waals surface area contributed by atoms with Crippen molar-refractivity contribution in [2.24, 2.45) is 0 Å². The van der Waals surface area contributed by atoms with Crippen LogP contribution in [0.2, 0.25) is 0 Å². The topological polar surface area (TPSA) is 84.5 Å². The second-order valence-electron chi connectivity index (χ2n) is 7.72. The Hall–Kier alpha value is -3.89. The summed E-state index contributed by atoms with van der Waals surface area (Å²) in [7, 11) is 0. The van der Waals surface area contributed by atoms with E-state index >= 15 is 0 Å². The van der Waals surface area contributed by atoms with Crippen molar-refractivity contribution in [3.05, 3.63) is 64.8 Å². The molecule has 8 nitrogen and oxygen atoms in total. The lowest BCUT2D eigenvalue weighted by atomic mass is 10.2. The number of carbonyl (C=O) groups excluding carboxylic acids is 1. The van der Waals surface area contributed by atoms with Gasteiger partial charge in [0.1, 0.15) is 23.5 Å². The highest BCUT2D eigenvalue weighted by atomic mass is 19.4. The van der Waals surface area contributed by atoms with Crippen LogP contribution in [0.3, 0.4) is 0 Å². The number of hydrogen-bond acceptors (Lipinski definition) is 6. The largest absolute Gasteiger partial charge is 0.448 e. The van der Waals surface area contributed by atoms with E-state index in [-0.39, 0.29) is 18.0 Å². The Bertz CT molecular complexity index is 1390. The minimum absolute atomic E-state index is 0.102. The van der Waals surface area contributed by atoms with Gasteiger partial charge in [-0.1, -0.05) is 12.1 Å². The summed E-state index contributed by atoms with van der Waals surface area (Å²) >= 11 is 0. The number of halogens is 3. The molecule has 1 aliphatic heterocycles. The van der Waals surface area contributed by atoms with E-state index in [0.29, 0.717) is 43.1 Å². The Morgan fingerprint density at radius 3 is 2.48 bits per heavy atom. The van der Waals surface area contributed by atoms with Gasteiger partial charge in [-0.15, -0.1) is 0 Å². The van der Waals surface area contributed by atoms with Crippen LogP contribution in [0.4, 0.5) is 19.0 Å². The number of anilines is 1. The normalized spacial score (nSPS) is 14.9. The van der Waals surface area contributed by atoms with E-state index in [2.05, 4.69) is 9.97 Å². The average Bonchev–Trinajstić information content (AvgIpc) is 3.20. The predicted octanol–water partition coefficient (Wildman–Crippen LogP) is 2.91. The Balaban J connectivity index is 1.26. The molecule has 1 amide bonds. The Morgan fingerprint density at radius 1 is 1.03 bits per heavy atom. The molecule has 1 aromatic carbocycles. The van der Waals surface area contributed by atoms with Crippen LogP contribution in [-0.2, 0) is 17.5 Å². The molecule has 0 N–H and O–H groups in total. The van der Waals surface area contributed by atoms with Crippen LogP contribution < -0.4 is 10.5 Å². The molecule has 0 saturated carbocycles. The zero-order valence-electron chi connectivity index (χ0n) is 17.2. The zero-order chi connectivity index (χ0) is 23.2. The molecule has 5 rings (SSSR count). The summed E-state index contributed by atoms with van der Waals surface area (Å²) in [6.45, 7) is 1.37. The van der Waals surface area contributed by atoms with Crippen LogP contribution in [0.15, 0.2) is 58.1 Å². The zero-order valence-corrected chi connectivity index (χ0v) is 17.2. The van der Waals surface area contributed by atoms with E-state index in [1.165, 1.54) is 17.0 Å². The number of amides is 1. The van der Waals surface area contributed by atoms with Crippen LogP contribution in [-0.4, -0.2) is 51.5 Å². The number of para-hydroxylation sites is 1. The molecule has 3 aromatic heterocycles. The predicted molar refractivity (Wildman–Crippen MR) is 114 cm³/mol. The number of rotatable bonds is 3. The van der Waals surface area contributed by atoms with Crippen molar-refractivity contribution in [3.8, 4) is 0 Å². The summed E-state index contributed by atoms with van der Waals surface area (Å²) in [6.07, 6.45) is -2.29. The fourth-order valence-corrected chi connectivity index (χ4v) is 3.90. The van der Waals surface area contributed by atoms with Gasteiger partial charge in [-0.2, -0.15) is 13.2 Å². The Kier molecular flexibility index (Phi) is 5.03. The number of carbonyl (C=O) groups is 1. The smallest absolute Gasteiger partial charge is 0.417 e. The van der Waals surface area contributed by atoms with Crippen LogP contribution in [0, 0.1) is 0 Å². The fraction of sp³-hybridized carbons (Fsp3) is 0.273. The quantitative estimate of drug-likeness (QED) is 0.471. The molecule has 0 atom stereocenters. The van der Waals surface area contributed by atoms with Gasteiger partial charge >= 0.3 is 6.18 Å². The van der Waals surface area contributed by atoms with Gasteiger partial charge in [0.25, 0.3) is 5.56 Å². The van der Waals surface area contributed by atoms with E-state index < -0.39 is 17.3 Å². The van der Waals surface area contributed by atoms with Crippen LogP contribution in [0.25, 0.3) is 22.1 Å². The molecule has 0 unspecified atom stereocenters. The standard InChI is InChI=1S/C22H18F3N5O3/c23-22(24,25)14-5-6-17(26-11-14)28-7-9-29(10-8-28)18(31)12-30-13-27-19-15-3-1-2-4-16(15)33-20(19)21(30)32/h1-6,11,13H,7-10,12H2. The molecule has 4 aromatic rings. The molecular weight excluding hydrogens is 439 g/mol. The summed E-state index contributed by atoms with van der Waals surface area (Å²) < 4.78 is 45.0. The van der Waals surface area contributed by atoms with Crippen LogP contribution >= 0.6 is 0 Å². The second kappa shape index (κ2) is 7.91. The number of hydrogen-bond donors (Lipinski definition) is 0. The molecule has 1 fully saturated rings. The second-order valence-corrected chi connectivity index (χ2v) is 7.72. The lowest BCUT2D eigenvalue weighted by Gasteiger charge is -2.35. The minimum Gasteiger partial charge on any atom is -0.448 e. The number of fused-ring (bicyclic) bond motifs is 3. The van der Waals surface area contributed by atoms with Gasteiger partial charge in [0.15, 0.2) is 0 Å². The highest BCUT2D eigenvalue weighted by molar-refractivity contribution is 6.01. The van der Waals surface area contributed by atoms with Crippen molar-refractivity contribution in [3.63, 3.8) is 0 Å². The van der Waals surface area contributed by atoms with E-state index in [0.717, 1.165) is 17.6 Å². The van der Waals surface area contributed by atoms with Crippen molar-refractivity contribution in [1.82, 2.24) is 19.4 Å². The first-order valence-corrected chi connectivity index (χ1v) is 10.2. The first-order chi connectivity index (χ1) is 15.8. The van der Waals surface area contributed by atoms with Crippen molar-refractivity contribution >= 4 is 33.8 Å². The highest BCUT2D eigenvalue weighted by Gasteiger charge is 2.31. The van der Waals surface area contributed by atoms with Crippen molar-refractivity contribution in [2.45, 2.75) is 12.7 Å². The maximum Gasteiger partial charge on any atom is 0.417 e. The molecule has 0 radical (unpaired) electrons. The number of nitrogens with zero attached hydrogens (tertiary/aromatic N) is 5. The summed E-state index contributed by atoms with van der Waals surface area (Å²) in [4.78, 5) is 37.2. The van der Waals surface area contributed by atoms with Gasteiger partial charge in [-0.25, -0.2) is 9.97 Å². The first kappa shape index (κ1) is 21.0. The van der Waals surface area contributed by atoms with E-state index in [4.69, 9.17) is 4.42 Å². The summed E-state index contributed by atoms with van der Waals surface area (Å²) in [5.74, 6) is 0.167. The van der Waals surface area contributed by atoms with E-state index in [9.17, 15) is 22.8 Å². The average molecular weight is 457 g/mol. The maximum absolute atomic E-state index is 12.8. The number of furan rings is 1. The third-order valence-electron chi connectivity index (χ3n) is 5.69. The molecule has 1 saturated heterocycles. The van der Waals surface area contributed by atoms with E-state index in [1.54, 1.807) is 17.0 Å². The van der Waals surface area contributed by atoms with Gasteiger partial charge in [0.05, 0.1) is 11.9 Å². The number of piperazine rings is 1. The minimum atomic E-state index is -4.44. The molecule has 0 spiro atoms. The van der Waals surface area contributed by atoms with Crippen molar-refractivity contribution < 1.29 is 22.4 Å². The number of aromatic nitrogens is 3. The molecule has 4 heterocycles. The number of pyridine rings is 1. The first-order valence-electron chi connectivity index (χ1n) is 10.2. The number of alkyl halides is 3. The summed E-state index contributed by atoms with van der Waals surface area (Å²) in [5.41, 5.74) is -0.131. The fourth-order valence-electron chi connectivity index (χ4n) is 3.90. The molecule has 1 aliphatic rings. The molecular formula is C22H18F3N5O3. The SMILES string of the molecule is O=C(Cn1cnc2c(oc3ccccc32)c1=O)N1CCN(c2ccc(C(F)(F)F)cn2)CC1. The molecule has 0 aliphatic carbocycles.